The van der Waals surface area contributed by atoms with Gasteiger partial charge in [-0.15, -0.1) is 0 Å². The van der Waals surface area contributed by atoms with Crippen molar-refractivity contribution in [2.24, 2.45) is 0 Å². The monoisotopic (exact) mass is 426 g/mol. The fourth-order valence-electron chi connectivity index (χ4n) is 3.34. The molecule has 1 amide bonds. The molecule has 2 heterocycles. The highest BCUT2D eigenvalue weighted by molar-refractivity contribution is 6.33. The molecule has 4 aromatic rings. The predicted molar refractivity (Wildman–Crippen MR) is 118 cm³/mol. The smallest absolute Gasteiger partial charge is 0.225 e. The van der Waals surface area contributed by atoms with Gasteiger partial charge in [-0.05, 0) is 36.1 Å². The Morgan fingerprint density at radius 1 is 1.03 bits per heavy atom. The number of nitrogens with zero attached hydrogens (tertiary/aromatic N) is 2. The zero-order valence-electron chi connectivity index (χ0n) is 15.7. The molecule has 0 saturated carbocycles. The van der Waals surface area contributed by atoms with Gasteiger partial charge >= 0.3 is 0 Å². The molecule has 0 fully saturated rings. The number of halogens is 2. The second-order valence-corrected chi connectivity index (χ2v) is 7.69. The number of aromatic nitrogens is 3. The predicted octanol–water partition coefficient (Wildman–Crippen LogP) is 5.68. The van der Waals surface area contributed by atoms with Crippen LogP contribution in [0.3, 0.4) is 0 Å². The lowest BCUT2D eigenvalue weighted by Gasteiger charge is -2.05. The molecule has 0 aliphatic heterocycles. The molecule has 0 radical (unpaired) electrons. The summed E-state index contributed by atoms with van der Waals surface area (Å²) in [4.78, 5) is 15.6. The van der Waals surface area contributed by atoms with Crippen LogP contribution in [0.1, 0.15) is 24.0 Å². The zero-order chi connectivity index (χ0) is 20.2. The molecule has 0 saturated heterocycles. The van der Waals surface area contributed by atoms with Gasteiger partial charge in [0.15, 0.2) is 5.82 Å². The minimum Gasteiger partial charge on any atom is -0.361 e. The third-order valence-corrected chi connectivity index (χ3v) is 5.44. The van der Waals surface area contributed by atoms with E-state index in [0.717, 1.165) is 23.9 Å². The van der Waals surface area contributed by atoms with Gasteiger partial charge in [0.25, 0.3) is 0 Å². The molecule has 2 N–H and O–H groups in total. The van der Waals surface area contributed by atoms with Crippen LogP contribution in [0.2, 0.25) is 10.0 Å². The van der Waals surface area contributed by atoms with Crippen LogP contribution in [0, 0.1) is 0 Å². The van der Waals surface area contributed by atoms with Gasteiger partial charge in [-0.2, -0.15) is 5.10 Å². The molecule has 0 aliphatic carbocycles. The number of H-pyrrole nitrogens is 1. The van der Waals surface area contributed by atoms with Crippen LogP contribution < -0.4 is 5.32 Å². The van der Waals surface area contributed by atoms with Gasteiger partial charge in [0.05, 0.1) is 6.54 Å². The summed E-state index contributed by atoms with van der Waals surface area (Å²) < 4.78 is 1.67. The van der Waals surface area contributed by atoms with Gasteiger partial charge in [-0.25, -0.2) is 0 Å². The van der Waals surface area contributed by atoms with Crippen molar-refractivity contribution >= 4 is 45.8 Å². The molecule has 7 heteroatoms. The Morgan fingerprint density at radius 3 is 2.69 bits per heavy atom. The number of hydrogen-bond acceptors (Lipinski definition) is 2. The number of anilines is 1. The normalized spacial score (nSPS) is 11.1. The second kappa shape index (κ2) is 8.72. The molecule has 2 aromatic carbocycles. The lowest BCUT2D eigenvalue weighted by Crippen LogP contribution is -2.13. The van der Waals surface area contributed by atoms with Crippen LogP contribution in [0.4, 0.5) is 5.82 Å². The summed E-state index contributed by atoms with van der Waals surface area (Å²) in [6, 6.07) is 15.7. The van der Waals surface area contributed by atoms with Gasteiger partial charge in [-0.1, -0.05) is 59.6 Å². The van der Waals surface area contributed by atoms with E-state index >= 15 is 0 Å². The largest absolute Gasteiger partial charge is 0.361 e. The maximum Gasteiger partial charge on any atom is 0.225 e. The van der Waals surface area contributed by atoms with Crippen LogP contribution in [-0.2, 0) is 17.8 Å². The summed E-state index contributed by atoms with van der Waals surface area (Å²) >= 11 is 12.4. The highest BCUT2D eigenvalue weighted by atomic mass is 35.5. The second-order valence-electron chi connectivity index (χ2n) is 6.88. The minimum absolute atomic E-state index is 0.102. The van der Waals surface area contributed by atoms with Crippen molar-refractivity contribution in [3.63, 3.8) is 0 Å². The van der Waals surface area contributed by atoms with E-state index in [-0.39, 0.29) is 5.91 Å². The van der Waals surface area contributed by atoms with Crippen molar-refractivity contribution < 1.29 is 4.79 Å². The van der Waals surface area contributed by atoms with Crippen molar-refractivity contribution in [3.8, 4) is 0 Å². The van der Waals surface area contributed by atoms with Crippen molar-refractivity contribution in [1.82, 2.24) is 14.8 Å². The lowest BCUT2D eigenvalue weighted by atomic mass is 10.1. The molecule has 5 nitrogen and oxygen atoms in total. The standard InChI is InChI=1S/C22H20Cl2N4O/c23-18-9-3-1-6-16(18)13-28-14-19(24)22(27-28)26-21(29)11-5-7-15-12-25-20-10-4-2-8-17(15)20/h1-4,6,8-10,12,14,25H,5,7,11,13H2,(H,26,27,29). The van der Waals surface area contributed by atoms with E-state index in [2.05, 4.69) is 21.5 Å². The van der Waals surface area contributed by atoms with E-state index in [4.69, 9.17) is 23.2 Å². The molecule has 0 unspecified atom stereocenters. The van der Waals surface area contributed by atoms with Gasteiger partial charge < -0.3 is 10.3 Å². The topological polar surface area (TPSA) is 62.7 Å². The zero-order valence-corrected chi connectivity index (χ0v) is 17.2. The number of aryl methyl sites for hydroxylation is 1. The Labute approximate surface area is 178 Å². The molecular weight excluding hydrogens is 407 g/mol. The summed E-state index contributed by atoms with van der Waals surface area (Å²) in [6.07, 6.45) is 5.66. The first kappa shape index (κ1) is 19.6. The Balaban J connectivity index is 1.32. The van der Waals surface area contributed by atoms with Crippen LogP contribution in [0.15, 0.2) is 60.9 Å². The Hall–Kier alpha value is -2.76. The Bertz CT molecular complexity index is 1150. The van der Waals surface area contributed by atoms with Crippen molar-refractivity contribution in [1.29, 1.82) is 0 Å². The van der Waals surface area contributed by atoms with Crippen LogP contribution >= 0.6 is 23.2 Å². The van der Waals surface area contributed by atoms with E-state index in [1.54, 1.807) is 10.9 Å². The van der Waals surface area contributed by atoms with E-state index in [9.17, 15) is 4.79 Å². The van der Waals surface area contributed by atoms with Gasteiger partial charge in [0.1, 0.15) is 5.02 Å². The minimum atomic E-state index is -0.102. The number of aromatic amines is 1. The maximum absolute atomic E-state index is 12.3. The molecule has 148 valence electrons. The number of amides is 1. The molecule has 0 aliphatic rings. The molecule has 0 spiro atoms. The summed E-state index contributed by atoms with van der Waals surface area (Å²) in [5.74, 6) is 0.269. The fraction of sp³-hybridized carbons (Fsp3) is 0.182. The van der Waals surface area contributed by atoms with E-state index in [0.29, 0.717) is 28.8 Å². The van der Waals surface area contributed by atoms with Crippen molar-refractivity contribution in [2.45, 2.75) is 25.8 Å². The maximum atomic E-state index is 12.3. The fourth-order valence-corrected chi connectivity index (χ4v) is 3.73. The number of hydrogen-bond donors (Lipinski definition) is 2. The van der Waals surface area contributed by atoms with Crippen molar-refractivity contribution in [3.05, 3.63) is 82.1 Å². The highest BCUT2D eigenvalue weighted by Crippen LogP contribution is 2.23. The first-order chi connectivity index (χ1) is 14.1. The first-order valence-corrected chi connectivity index (χ1v) is 10.2. The highest BCUT2D eigenvalue weighted by Gasteiger charge is 2.12. The average molecular weight is 427 g/mol. The van der Waals surface area contributed by atoms with Crippen LogP contribution in [0.25, 0.3) is 10.9 Å². The molecule has 0 atom stereocenters. The lowest BCUT2D eigenvalue weighted by molar-refractivity contribution is -0.116. The molecule has 4 rings (SSSR count). The van der Waals surface area contributed by atoms with Crippen LogP contribution in [0.5, 0.6) is 0 Å². The van der Waals surface area contributed by atoms with Gasteiger partial charge in [0.2, 0.25) is 5.91 Å². The summed E-state index contributed by atoms with van der Waals surface area (Å²) in [5.41, 5.74) is 3.27. The molecular formula is C22H20Cl2N4O. The average Bonchev–Trinajstić information content (AvgIpc) is 3.27. The number of carbonyl (C=O) groups excluding carboxylic acids is 1. The molecule has 29 heavy (non-hydrogen) atoms. The Kier molecular flexibility index (Phi) is 5.88. The van der Waals surface area contributed by atoms with E-state index < -0.39 is 0 Å². The van der Waals surface area contributed by atoms with Crippen molar-refractivity contribution in [2.75, 3.05) is 5.32 Å². The number of rotatable bonds is 7. The summed E-state index contributed by atoms with van der Waals surface area (Å²) in [6.45, 7) is 0.482. The van der Waals surface area contributed by atoms with E-state index in [1.807, 2.05) is 48.7 Å². The quantitative estimate of drug-likeness (QED) is 0.399. The van der Waals surface area contributed by atoms with E-state index in [1.165, 1.54) is 10.9 Å². The summed E-state index contributed by atoms with van der Waals surface area (Å²) in [7, 11) is 0. The summed E-state index contributed by atoms with van der Waals surface area (Å²) in [5, 5.41) is 9.46. The number of benzene rings is 2. The Morgan fingerprint density at radius 2 is 1.83 bits per heavy atom. The SMILES string of the molecule is O=C(CCCc1c[nH]c2ccccc12)Nc1nn(Cc2ccccc2Cl)cc1Cl. The van der Waals surface area contributed by atoms with Gasteiger partial charge in [0, 0.05) is 34.7 Å². The van der Waals surface area contributed by atoms with Gasteiger partial charge in [-0.3, -0.25) is 9.48 Å². The molecule has 0 bridgehead atoms. The number of carbonyl (C=O) groups is 1. The third kappa shape index (κ3) is 4.63. The third-order valence-electron chi connectivity index (χ3n) is 4.79. The number of fused-ring (bicyclic) bond motifs is 1. The number of nitrogens with one attached hydrogen (secondary N) is 2. The first-order valence-electron chi connectivity index (χ1n) is 9.41. The van der Waals surface area contributed by atoms with Crippen LogP contribution in [-0.4, -0.2) is 20.7 Å². The number of para-hydroxylation sites is 1. The molecule has 2 aromatic heterocycles.